The summed E-state index contributed by atoms with van der Waals surface area (Å²) >= 11 is 0. The van der Waals surface area contributed by atoms with Crippen LogP contribution in [-0.2, 0) is 10.2 Å². The molecule has 2 nitrogen and oxygen atoms in total. The molecule has 80 valence electrons. The van der Waals surface area contributed by atoms with Crippen LogP contribution < -0.4 is 4.74 Å². The Morgan fingerprint density at radius 3 is 2.27 bits per heavy atom. The van der Waals surface area contributed by atoms with Crippen molar-refractivity contribution in [3.05, 3.63) is 29.8 Å². The summed E-state index contributed by atoms with van der Waals surface area (Å²) in [5, 5.41) is 0. The van der Waals surface area contributed by atoms with Crippen molar-refractivity contribution in [2.45, 2.75) is 33.1 Å². The van der Waals surface area contributed by atoms with Crippen LogP contribution in [0.5, 0.6) is 5.75 Å². The van der Waals surface area contributed by atoms with E-state index in [2.05, 4.69) is 13.8 Å². The third-order valence-electron chi connectivity index (χ3n) is 3.84. The van der Waals surface area contributed by atoms with Gasteiger partial charge in [-0.2, -0.15) is 0 Å². The maximum Gasteiger partial charge on any atom is 0.317 e. The van der Waals surface area contributed by atoms with Gasteiger partial charge in [-0.05, 0) is 19.9 Å². The van der Waals surface area contributed by atoms with Gasteiger partial charge >= 0.3 is 5.97 Å². The van der Waals surface area contributed by atoms with Gasteiger partial charge in [0.05, 0.1) is 5.41 Å². The van der Waals surface area contributed by atoms with Gasteiger partial charge in [-0.3, -0.25) is 4.79 Å². The quantitative estimate of drug-likeness (QED) is 0.480. The Morgan fingerprint density at radius 1 is 1.00 bits per heavy atom. The van der Waals surface area contributed by atoms with Gasteiger partial charge in [-0.25, -0.2) is 0 Å². The smallest absolute Gasteiger partial charge is 0.317 e. The van der Waals surface area contributed by atoms with E-state index in [1.807, 2.05) is 38.1 Å². The van der Waals surface area contributed by atoms with Crippen LogP contribution in [0.1, 0.15) is 33.3 Å². The molecule has 2 heteroatoms. The minimum Gasteiger partial charge on any atom is -0.426 e. The molecule has 2 rings (SSSR count). The van der Waals surface area contributed by atoms with E-state index in [-0.39, 0.29) is 11.4 Å². The maximum absolute atomic E-state index is 11.9. The van der Waals surface area contributed by atoms with Gasteiger partial charge in [0.1, 0.15) is 5.75 Å². The molecule has 1 heterocycles. The molecule has 0 N–H and O–H groups in total. The van der Waals surface area contributed by atoms with Crippen molar-refractivity contribution in [1.29, 1.82) is 0 Å². The highest BCUT2D eigenvalue weighted by Crippen LogP contribution is 2.49. The Balaban J connectivity index is 2.66. The summed E-state index contributed by atoms with van der Waals surface area (Å²) in [6.07, 6.45) is 0. The lowest BCUT2D eigenvalue weighted by atomic mass is 9.63. The zero-order valence-corrected chi connectivity index (χ0v) is 9.63. The van der Waals surface area contributed by atoms with Crippen molar-refractivity contribution >= 4 is 5.97 Å². The molecule has 1 aliphatic heterocycles. The lowest BCUT2D eigenvalue weighted by Gasteiger charge is -2.44. The van der Waals surface area contributed by atoms with E-state index < -0.39 is 5.41 Å². The minimum absolute atomic E-state index is 0.147. The average molecular weight is 204 g/mol. The van der Waals surface area contributed by atoms with Crippen molar-refractivity contribution in [1.82, 2.24) is 0 Å². The van der Waals surface area contributed by atoms with Crippen LogP contribution in [0.25, 0.3) is 0 Å². The van der Waals surface area contributed by atoms with E-state index in [1.165, 1.54) is 0 Å². The first-order valence-electron chi connectivity index (χ1n) is 5.19. The Morgan fingerprint density at radius 2 is 1.60 bits per heavy atom. The number of rotatable bonds is 0. The van der Waals surface area contributed by atoms with Crippen LogP contribution >= 0.6 is 0 Å². The number of carbonyl (C=O) groups excluding carboxylic acids is 1. The normalized spacial score (nSPS) is 21.7. The molecule has 1 aromatic rings. The highest BCUT2D eigenvalue weighted by atomic mass is 16.5. The Kier molecular flexibility index (Phi) is 1.94. The highest BCUT2D eigenvalue weighted by Gasteiger charge is 2.50. The predicted molar refractivity (Wildman–Crippen MR) is 58.9 cm³/mol. The topological polar surface area (TPSA) is 26.3 Å². The predicted octanol–water partition coefficient (Wildman–Crippen LogP) is 2.91. The Labute approximate surface area is 90.3 Å². The molecule has 1 aliphatic rings. The van der Waals surface area contributed by atoms with E-state index >= 15 is 0 Å². The van der Waals surface area contributed by atoms with E-state index in [1.54, 1.807) is 0 Å². The van der Waals surface area contributed by atoms with Crippen molar-refractivity contribution in [3.8, 4) is 5.75 Å². The SMILES string of the molecule is CC1(C)C(=O)Oc2ccccc2C1(C)C. The van der Waals surface area contributed by atoms with E-state index in [0.29, 0.717) is 5.75 Å². The number of hydrogen-bond donors (Lipinski definition) is 0. The molecule has 0 fully saturated rings. The fourth-order valence-electron chi connectivity index (χ4n) is 1.89. The van der Waals surface area contributed by atoms with E-state index in [9.17, 15) is 4.79 Å². The van der Waals surface area contributed by atoms with Gasteiger partial charge in [0.25, 0.3) is 0 Å². The summed E-state index contributed by atoms with van der Waals surface area (Å²) < 4.78 is 5.34. The molecule has 0 atom stereocenters. The molecule has 0 saturated carbocycles. The van der Waals surface area contributed by atoms with Crippen LogP contribution in [0.2, 0.25) is 0 Å². The van der Waals surface area contributed by atoms with Crippen LogP contribution in [-0.4, -0.2) is 5.97 Å². The van der Waals surface area contributed by atoms with Crippen molar-refractivity contribution < 1.29 is 9.53 Å². The zero-order chi connectivity index (χ0) is 11.3. The van der Waals surface area contributed by atoms with Crippen LogP contribution in [0.15, 0.2) is 24.3 Å². The summed E-state index contributed by atoms with van der Waals surface area (Å²) in [7, 11) is 0. The molecule has 0 unspecified atom stereocenters. The lowest BCUT2D eigenvalue weighted by molar-refractivity contribution is -0.150. The molecule has 0 aliphatic carbocycles. The van der Waals surface area contributed by atoms with Gasteiger partial charge in [0, 0.05) is 11.0 Å². The molecule has 1 aromatic carbocycles. The van der Waals surface area contributed by atoms with E-state index in [0.717, 1.165) is 5.56 Å². The maximum atomic E-state index is 11.9. The summed E-state index contributed by atoms with van der Waals surface area (Å²) in [5.74, 6) is 0.554. The molecule has 15 heavy (non-hydrogen) atoms. The number of esters is 1. The molecule has 0 aromatic heterocycles. The standard InChI is InChI=1S/C13H16O2/c1-12(2)9-7-5-6-8-10(9)15-11(14)13(12,3)4/h5-8H,1-4H3. The van der Waals surface area contributed by atoms with Crippen LogP contribution in [0.3, 0.4) is 0 Å². The van der Waals surface area contributed by atoms with Crippen molar-refractivity contribution in [3.63, 3.8) is 0 Å². The van der Waals surface area contributed by atoms with Crippen molar-refractivity contribution in [2.24, 2.45) is 5.41 Å². The first-order chi connectivity index (χ1) is 6.87. The second-order valence-corrected chi connectivity index (χ2v) is 5.14. The zero-order valence-electron chi connectivity index (χ0n) is 9.63. The summed E-state index contributed by atoms with van der Waals surface area (Å²) in [5.41, 5.74) is 0.426. The molecular formula is C13H16O2. The first-order valence-corrected chi connectivity index (χ1v) is 5.19. The van der Waals surface area contributed by atoms with E-state index in [4.69, 9.17) is 4.74 Å². The number of carbonyl (C=O) groups is 1. The van der Waals surface area contributed by atoms with Gasteiger partial charge in [-0.15, -0.1) is 0 Å². The Bertz CT molecular complexity index is 416. The monoisotopic (exact) mass is 204 g/mol. The van der Waals surface area contributed by atoms with Gasteiger partial charge in [-0.1, -0.05) is 32.0 Å². The fraction of sp³-hybridized carbons (Fsp3) is 0.462. The molecular weight excluding hydrogens is 188 g/mol. The second-order valence-electron chi connectivity index (χ2n) is 5.14. The molecule has 0 spiro atoms. The number of hydrogen-bond acceptors (Lipinski definition) is 2. The third-order valence-corrected chi connectivity index (χ3v) is 3.84. The average Bonchev–Trinajstić information content (AvgIpc) is 2.16. The lowest BCUT2D eigenvalue weighted by Crippen LogP contribution is -2.48. The van der Waals surface area contributed by atoms with Gasteiger partial charge in [0.15, 0.2) is 0 Å². The molecule has 0 radical (unpaired) electrons. The Hall–Kier alpha value is -1.31. The number of fused-ring (bicyclic) bond motifs is 1. The highest BCUT2D eigenvalue weighted by molar-refractivity contribution is 5.83. The largest absolute Gasteiger partial charge is 0.426 e. The third kappa shape index (κ3) is 1.21. The van der Waals surface area contributed by atoms with Gasteiger partial charge in [0.2, 0.25) is 0 Å². The number of benzene rings is 1. The van der Waals surface area contributed by atoms with Crippen LogP contribution in [0.4, 0.5) is 0 Å². The molecule has 0 bridgehead atoms. The minimum atomic E-state index is -0.485. The second kappa shape index (κ2) is 2.84. The van der Waals surface area contributed by atoms with Gasteiger partial charge < -0.3 is 4.74 Å². The summed E-state index contributed by atoms with van der Waals surface area (Å²) in [4.78, 5) is 11.9. The fourth-order valence-corrected chi connectivity index (χ4v) is 1.89. The number of ether oxygens (including phenoxy) is 1. The summed E-state index contributed by atoms with van der Waals surface area (Å²) in [6, 6.07) is 7.75. The molecule has 0 amide bonds. The summed E-state index contributed by atoms with van der Waals surface area (Å²) in [6.45, 7) is 8.05. The molecule has 0 saturated heterocycles. The number of para-hydroxylation sites is 1. The first kappa shape index (κ1) is 10.2. The van der Waals surface area contributed by atoms with Crippen LogP contribution in [0, 0.1) is 5.41 Å². The van der Waals surface area contributed by atoms with Crippen molar-refractivity contribution in [2.75, 3.05) is 0 Å².